The van der Waals surface area contributed by atoms with Crippen LogP contribution in [0.5, 0.6) is 5.75 Å². The summed E-state index contributed by atoms with van der Waals surface area (Å²) in [5, 5.41) is 1.71. The highest BCUT2D eigenvalue weighted by atomic mass is 35.5. The van der Waals surface area contributed by atoms with E-state index in [9.17, 15) is 13.6 Å². The van der Waals surface area contributed by atoms with Gasteiger partial charge in [-0.25, -0.2) is 8.78 Å². The van der Waals surface area contributed by atoms with Crippen LogP contribution >= 0.6 is 11.6 Å². The molecule has 1 aliphatic heterocycles. The third-order valence-corrected chi connectivity index (χ3v) is 6.31. The number of rotatable bonds is 4. The molecule has 1 amide bonds. The predicted molar refractivity (Wildman–Crippen MR) is 130 cm³/mol. The monoisotopic (exact) mass is 482 g/mol. The van der Waals surface area contributed by atoms with Gasteiger partial charge in [0, 0.05) is 28.2 Å². The van der Waals surface area contributed by atoms with E-state index in [4.69, 9.17) is 16.3 Å². The standard InChI is InChI=1S/C19H16ClFN2O2.C8H9F/c1-25-17-5-2-11(8-15(17)21)19-18-13(6-7-23(19)10-24)14-9-12(20)3-4-16(14)22-18;1-2-7-3-5-8(9)6-4-7/h2-5,8-10,19,22H,6-7H2,1H3;3-6H,2H2,1H3. The predicted octanol–water partition coefficient (Wildman–Crippen LogP) is 6.46. The number of hydrogen-bond donors (Lipinski definition) is 1. The van der Waals surface area contributed by atoms with Gasteiger partial charge in [0.05, 0.1) is 13.2 Å². The maximum Gasteiger partial charge on any atom is 0.210 e. The minimum absolute atomic E-state index is 0.160. The van der Waals surface area contributed by atoms with Crippen LogP contribution in [-0.2, 0) is 17.6 Å². The summed E-state index contributed by atoms with van der Waals surface area (Å²) in [6, 6.07) is 16.7. The van der Waals surface area contributed by atoms with Crippen molar-refractivity contribution >= 4 is 28.9 Å². The number of nitrogens with one attached hydrogen (secondary N) is 1. The minimum Gasteiger partial charge on any atom is -0.494 e. The number of aryl methyl sites for hydroxylation is 1. The molecule has 0 bridgehead atoms. The normalized spacial score (nSPS) is 14.9. The number of nitrogens with zero attached hydrogens (tertiary/aromatic N) is 1. The number of amides is 1. The summed E-state index contributed by atoms with van der Waals surface area (Å²) < 4.78 is 31.4. The lowest BCUT2D eigenvalue weighted by molar-refractivity contribution is -0.120. The van der Waals surface area contributed by atoms with Gasteiger partial charge in [-0.05, 0) is 72.0 Å². The van der Waals surface area contributed by atoms with Crippen LogP contribution in [0.2, 0.25) is 5.02 Å². The molecule has 0 saturated carbocycles. The van der Waals surface area contributed by atoms with Gasteiger partial charge in [-0.2, -0.15) is 0 Å². The first-order valence-corrected chi connectivity index (χ1v) is 11.4. The van der Waals surface area contributed by atoms with Crippen molar-refractivity contribution in [3.05, 3.63) is 99.7 Å². The zero-order valence-electron chi connectivity index (χ0n) is 18.9. The van der Waals surface area contributed by atoms with Crippen molar-refractivity contribution in [3.63, 3.8) is 0 Å². The van der Waals surface area contributed by atoms with Crippen molar-refractivity contribution in [2.45, 2.75) is 25.8 Å². The summed E-state index contributed by atoms with van der Waals surface area (Å²) in [5.74, 6) is -0.426. The van der Waals surface area contributed by atoms with Gasteiger partial charge in [-0.1, -0.05) is 36.7 Å². The first-order chi connectivity index (χ1) is 16.4. The number of ether oxygens (including phenoxy) is 1. The zero-order chi connectivity index (χ0) is 24.2. The molecule has 4 nitrogen and oxygen atoms in total. The summed E-state index contributed by atoms with van der Waals surface area (Å²) >= 11 is 6.14. The highest BCUT2D eigenvalue weighted by Crippen LogP contribution is 2.39. The molecular weight excluding hydrogens is 458 g/mol. The molecule has 1 N–H and O–H groups in total. The van der Waals surface area contributed by atoms with E-state index in [0.717, 1.165) is 41.4 Å². The summed E-state index contributed by atoms with van der Waals surface area (Å²) in [6.07, 6.45) is 2.51. The second kappa shape index (κ2) is 10.3. The first kappa shape index (κ1) is 23.8. The summed E-state index contributed by atoms with van der Waals surface area (Å²) in [7, 11) is 1.43. The van der Waals surface area contributed by atoms with E-state index in [1.165, 1.54) is 30.9 Å². The molecule has 176 valence electrons. The number of hydrogen-bond acceptors (Lipinski definition) is 2. The summed E-state index contributed by atoms with van der Waals surface area (Å²) in [6.45, 7) is 2.61. The van der Waals surface area contributed by atoms with E-state index < -0.39 is 5.82 Å². The molecule has 0 fully saturated rings. The second-order valence-electron chi connectivity index (χ2n) is 8.08. The van der Waals surface area contributed by atoms with E-state index in [2.05, 4.69) is 4.98 Å². The van der Waals surface area contributed by atoms with Crippen LogP contribution in [0.25, 0.3) is 10.9 Å². The van der Waals surface area contributed by atoms with Crippen LogP contribution in [0.15, 0.2) is 60.7 Å². The van der Waals surface area contributed by atoms with Gasteiger partial charge in [-0.3, -0.25) is 4.79 Å². The number of aromatic amines is 1. The topological polar surface area (TPSA) is 45.3 Å². The van der Waals surface area contributed by atoms with Crippen molar-refractivity contribution in [1.29, 1.82) is 0 Å². The van der Waals surface area contributed by atoms with Gasteiger partial charge in [0.2, 0.25) is 6.41 Å². The van der Waals surface area contributed by atoms with E-state index in [1.54, 1.807) is 29.2 Å². The van der Waals surface area contributed by atoms with Gasteiger partial charge < -0.3 is 14.6 Å². The molecule has 0 aliphatic carbocycles. The molecule has 7 heteroatoms. The first-order valence-electron chi connectivity index (χ1n) is 11.0. The zero-order valence-corrected chi connectivity index (χ0v) is 19.7. The molecule has 5 rings (SSSR count). The molecular formula is C27H25ClF2N2O2. The Bertz CT molecular complexity index is 1300. The number of halogens is 3. The van der Waals surface area contributed by atoms with Gasteiger partial charge in [0.1, 0.15) is 5.82 Å². The Balaban J connectivity index is 0.000000257. The lowest BCUT2D eigenvalue weighted by atomic mass is 9.92. The van der Waals surface area contributed by atoms with Crippen molar-refractivity contribution in [2.24, 2.45) is 0 Å². The number of benzene rings is 3. The molecule has 2 heterocycles. The molecule has 4 aromatic rings. The SMILES string of the molecule is CCc1ccc(F)cc1.COc1ccc(C2c3[nH]c4ccc(Cl)cc4c3CCN2C=O)cc1F. The van der Waals surface area contributed by atoms with E-state index >= 15 is 0 Å². The van der Waals surface area contributed by atoms with Crippen LogP contribution in [0.1, 0.15) is 35.3 Å². The largest absolute Gasteiger partial charge is 0.494 e. The molecule has 0 saturated heterocycles. The lowest BCUT2D eigenvalue weighted by Crippen LogP contribution is -2.35. The van der Waals surface area contributed by atoms with Crippen LogP contribution in [0.3, 0.4) is 0 Å². The molecule has 1 unspecified atom stereocenters. The number of carbonyl (C=O) groups is 1. The van der Waals surface area contributed by atoms with Crippen molar-refractivity contribution < 1.29 is 18.3 Å². The molecule has 3 aromatic carbocycles. The molecule has 34 heavy (non-hydrogen) atoms. The fourth-order valence-corrected chi connectivity index (χ4v) is 4.50. The Morgan fingerprint density at radius 2 is 1.88 bits per heavy atom. The third kappa shape index (κ3) is 4.77. The number of fused-ring (bicyclic) bond motifs is 3. The smallest absolute Gasteiger partial charge is 0.210 e. The van der Waals surface area contributed by atoms with Crippen LogP contribution in [-0.4, -0.2) is 29.9 Å². The maximum absolute atomic E-state index is 14.2. The van der Waals surface area contributed by atoms with Gasteiger partial charge in [-0.15, -0.1) is 0 Å². The van der Waals surface area contributed by atoms with Crippen LogP contribution in [0, 0.1) is 11.6 Å². The Labute approximate surface area is 202 Å². The van der Waals surface area contributed by atoms with Crippen molar-refractivity contribution in [2.75, 3.05) is 13.7 Å². The minimum atomic E-state index is -0.447. The second-order valence-corrected chi connectivity index (χ2v) is 8.51. The van der Waals surface area contributed by atoms with Crippen molar-refractivity contribution in [1.82, 2.24) is 9.88 Å². The molecule has 1 aromatic heterocycles. The molecule has 1 atom stereocenters. The Morgan fingerprint density at radius 3 is 2.53 bits per heavy atom. The average Bonchev–Trinajstić information content (AvgIpc) is 3.22. The Morgan fingerprint density at radius 1 is 1.12 bits per heavy atom. The van der Waals surface area contributed by atoms with Gasteiger partial charge in [0.15, 0.2) is 11.6 Å². The maximum atomic E-state index is 14.2. The molecule has 1 aliphatic rings. The quantitative estimate of drug-likeness (QED) is 0.339. The number of carbonyl (C=O) groups excluding carboxylic acids is 1. The summed E-state index contributed by atoms with van der Waals surface area (Å²) in [4.78, 5) is 16.7. The molecule has 0 spiro atoms. The lowest BCUT2D eigenvalue weighted by Gasteiger charge is -2.33. The van der Waals surface area contributed by atoms with Crippen molar-refractivity contribution in [3.8, 4) is 5.75 Å². The molecule has 0 radical (unpaired) electrons. The van der Waals surface area contributed by atoms with Gasteiger partial charge >= 0.3 is 0 Å². The number of aromatic nitrogens is 1. The summed E-state index contributed by atoms with van der Waals surface area (Å²) in [5.41, 5.74) is 4.86. The highest BCUT2D eigenvalue weighted by Gasteiger charge is 2.31. The Kier molecular flexibility index (Phi) is 7.17. The third-order valence-electron chi connectivity index (χ3n) is 6.07. The van der Waals surface area contributed by atoms with E-state index in [0.29, 0.717) is 17.1 Å². The fourth-order valence-electron chi connectivity index (χ4n) is 4.32. The number of methoxy groups -OCH3 is 1. The van der Waals surface area contributed by atoms with Gasteiger partial charge in [0.25, 0.3) is 0 Å². The van der Waals surface area contributed by atoms with Crippen LogP contribution in [0.4, 0.5) is 8.78 Å². The number of H-pyrrole nitrogens is 1. The van der Waals surface area contributed by atoms with E-state index in [1.807, 2.05) is 25.1 Å². The highest BCUT2D eigenvalue weighted by molar-refractivity contribution is 6.31. The van der Waals surface area contributed by atoms with E-state index in [-0.39, 0.29) is 17.6 Å². The van der Waals surface area contributed by atoms with Crippen LogP contribution < -0.4 is 4.74 Å². The Hall–Kier alpha value is -3.38. The average molecular weight is 483 g/mol. The fraction of sp³-hybridized carbons (Fsp3) is 0.222.